The Balaban J connectivity index is 3.57. The maximum Gasteiger partial charge on any atom is 0.0801 e. The molecule has 0 saturated carbocycles. The summed E-state index contributed by atoms with van der Waals surface area (Å²) in [5.74, 6) is 0. The Morgan fingerprint density at radius 3 is 2.33 bits per heavy atom. The molecule has 0 radical (unpaired) electrons. The average molecular weight is 171 g/mol. The largest absolute Gasteiger partial charge is 0.331 e. The van der Waals surface area contributed by atoms with E-state index in [2.05, 4.69) is 40.0 Å². The minimum absolute atomic E-state index is 0.488. The van der Waals surface area contributed by atoms with Crippen LogP contribution in [0.3, 0.4) is 0 Å². The highest BCUT2D eigenvalue weighted by Gasteiger charge is 2.08. The van der Waals surface area contributed by atoms with E-state index in [9.17, 15) is 0 Å². The number of rotatable bonds is 5. The summed E-state index contributed by atoms with van der Waals surface area (Å²) in [7, 11) is 6.66. The van der Waals surface area contributed by atoms with Crippen LogP contribution in [0.15, 0.2) is 4.99 Å². The van der Waals surface area contributed by atoms with Gasteiger partial charge in [0.25, 0.3) is 0 Å². The predicted molar refractivity (Wildman–Crippen MR) is 55.8 cm³/mol. The number of nitrogens with zero attached hydrogens (tertiary/aromatic N) is 2. The Labute approximate surface area is 76.9 Å². The normalized spacial score (nSPS) is 15.4. The maximum absolute atomic E-state index is 4.41. The molecule has 1 atom stereocenters. The van der Waals surface area contributed by atoms with E-state index in [0.717, 1.165) is 10.9 Å². The fourth-order valence-electron chi connectivity index (χ4n) is 0.934. The molecule has 0 heterocycles. The molecule has 0 aliphatic carbocycles. The van der Waals surface area contributed by atoms with Gasteiger partial charge in [-0.05, 0) is 19.6 Å². The Kier molecular flexibility index (Phi) is 5.14. The minimum Gasteiger partial charge on any atom is -0.331 e. The number of hydrogen-bond acceptors (Lipinski definition) is 1. The monoisotopic (exact) mass is 171 g/mol. The summed E-state index contributed by atoms with van der Waals surface area (Å²) in [6.07, 6.45) is 4.25. The molecular formula is C10H23N2+. The van der Waals surface area contributed by atoms with E-state index in [-0.39, 0.29) is 0 Å². The highest BCUT2D eigenvalue weighted by atomic mass is 15.3. The molecule has 0 bridgehead atoms. The van der Waals surface area contributed by atoms with Crippen LogP contribution in [0.25, 0.3) is 0 Å². The van der Waals surface area contributed by atoms with E-state index in [1.54, 1.807) is 0 Å². The topological polar surface area (TPSA) is 12.4 Å². The SMILES string of the molecule is CCC=NC(C)CC[N+](C)(C)C. The number of quaternary nitrogens is 1. The van der Waals surface area contributed by atoms with Crippen LogP contribution in [0.4, 0.5) is 0 Å². The summed E-state index contributed by atoms with van der Waals surface area (Å²) in [6, 6.07) is 0.488. The lowest BCUT2D eigenvalue weighted by Gasteiger charge is -2.24. The van der Waals surface area contributed by atoms with Crippen LogP contribution >= 0.6 is 0 Å². The van der Waals surface area contributed by atoms with Gasteiger partial charge in [-0.25, -0.2) is 0 Å². The van der Waals surface area contributed by atoms with Gasteiger partial charge in [0.2, 0.25) is 0 Å². The van der Waals surface area contributed by atoms with Crippen LogP contribution in [-0.2, 0) is 0 Å². The van der Waals surface area contributed by atoms with Crippen molar-refractivity contribution in [1.82, 2.24) is 0 Å². The van der Waals surface area contributed by atoms with Gasteiger partial charge in [-0.2, -0.15) is 0 Å². The lowest BCUT2D eigenvalue weighted by Crippen LogP contribution is -2.36. The molecule has 0 aliphatic rings. The first kappa shape index (κ1) is 11.6. The van der Waals surface area contributed by atoms with E-state index >= 15 is 0 Å². The number of aliphatic imine (C=N–C) groups is 1. The van der Waals surface area contributed by atoms with E-state index in [1.807, 2.05) is 6.21 Å². The molecule has 0 amide bonds. The molecule has 2 nitrogen and oxygen atoms in total. The minimum atomic E-state index is 0.488. The van der Waals surface area contributed by atoms with E-state index < -0.39 is 0 Å². The van der Waals surface area contributed by atoms with Crippen LogP contribution < -0.4 is 0 Å². The molecule has 0 N–H and O–H groups in total. The first-order valence-electron chi connectivity index (χ1n) is 4.78. The lowest BCUT2D eigenvalue weighted by atomic mass is 10.2. The van der Waals surface area contributed by atoms with Crippen LogP contribution in [0.5, 0.6) is 0 Å². The third-order valence-electron chi connectivity index (χ3n) is 1.76. The third kappa shape index (κ3) is 7.73. The van der Waals surface area contributed by atoms with Gasteiger partial charge in [-0.3, -0.25) is 4.99 Å². The molecule has 0 rings (SSSR count). The van der Waals surface area contributed by atoms with Gasteiger partial charge >= 0.3 is 0 Å². The molecular weight excluding hydrogens is 148 g/mol. The Bertz CT molecular complexity index is 133. The molecule has 0 aromatic rings. The van der Waals surface area contributed by atoms with Crippen molar-refractivity contribution in [2.75, 3.05) is 27.7 Å². The summed E-state index contributed by atoms with van der Waals surface area (Å²) in [6.45, 7) is 5.50. The smallest absolute Gasteiger partial charge is 0.0801 e. The first-order valence-corrected chi connectivity index (χ1v) is 4.78. The van der Waals surface area contributed by atoms with Crippen LogP contribution in [-0.4, -0.2) is 44.4 Å². The van der Waals surface area contributed by atoms with Crippen molar-refractivity contribution < 1.29 is 4.48 Å². The van der Waals surface area contributed by atoms with Gasteiger partial charge in [0, 0.05) is 6.42 Å². The van der Waals surface area contributed by atoms with E-state index in [1.165, 1.54) is 13.0 Å². The molecule has 72 valence electrons. The van der Waals surface area contributed by atoms with E-state index in [4.69, 9.17) is 0 Å². The van der Waals surface area contributed by atoms with Gasteiger partial charge in [0.15, 0.2) is 0 Å². The summed E-state index contributed by atoms with van der Waals surface area (Å²) >= 11 is 0. The van der Waals surface area contributed by atoms with Gasteiger partial charge in [-0.1, -0.05) is 6.92 Å². The number of hydrogen-bond donors (Lipinski definition) is 0. The zero-order valence-electron chi connectivity index (χ0n) is 9.17. The lowest BCUT2D eigenvalue weighted by molar-refractivity contribution is -0.870. The standard InChI is InChI=1S/C10H23N2/c1-6-8-11-10(2)7-9-12(3,4)5/h8,10H,6-7,9H2,1-5H3/q+1. The Morgan fingerprint density at radius 2 is 1.92 bits per heavy atom. The molecule has 0 saturated heterocycles. The predicted octanol–water partition coefficient (Wildman–Crippen LogP) is 1.95. The molecule has 0 aromatic carbocycles. The zero-order chi connectivity index (χ0) is 9.61. The second kappa shape index (κ2) is 5.31. The summed E-state index contributed by atoms with van der Waals surface area (Å²) < 4.78 is 1.03. The van der Waals surface area contributed by atoms with Crippen LogP contribution in [0.1, 0.15) is 26.7 Å². The van der Waals surface area contributed by atoms with Crippen molar-refractivity contribution in [3.8, 4) is 0 Å². The summed E-state index contributed by atoms with van der Waals surface area (Å²) in [4.78, 5) is 4.41. The van der Waals surface area contributed by atoms with Crippen molar-refractivity contribution in [1.29, 1.82) is 0 Å². The highest BCUT2D eigenvalue weighted by Crippen LogP contribution is 2.01. The summed E-state index contributed by atoms with van der Waals surface area (Å²) in [5, 5.41) is 0. The second-order valence-electron chi connectivity index (χ2n) is 4.39. The fraction of sp³-hybridized carbons (Fsp3) is 0.900. The molecule has 0 aromatic heterocycles. The van der Waals surface area contributed by atoms with Crippen molar-refractivity contribution >= 4 is 6.21 Å². The van der Waals surface area contributed by atoms with Gasteiger partial charge in [0.1, 0.15) is 0 Å². The van der Waals surface area contributed by atoms with Gasteiger partial charge in [-0.15, -0.1) is 0 Å². The van der Waals surface area contributed by atoms with Crippen molar-refractivity contribution in [3.63, 3.8) is 0 Å². The van der Waals surface area contributed by atoms with Crippen LogP contribution in [0, 0.1) is 0 Å². The van der Waals surface area contributed by atoms with Crippen molar-refractivity contribution in [2.45, 2.75) is 32.7 Å². The molecule has 12 heavy (non-hydrogen) atoms. The Morgan fingerprint density at radius 1 is 1.33 bits per heavy atom. The highest BCUT2D eigenvalue weighted by molar-refractivity contribution is 5.56. The fourth-order valence-corrected chi connectivity index (χ4v) is 0.934. The van der Waals surface area contributed by atoms with Gasteiger partial charge in [0.05, 0.1) is 33.7 Å². The molecule has 0 spiro atoms. The molecule has 1 unspecified atom stereocenters. The van der Waals surface area contributed by atoms with Crippen LogP contribution in [0.2, 0.25) is 0 Å². The Hall–Kier alpha value is -0.370. The average Bonchev–Trinajstić information content (AvgIpc) is 1.95. The van der Waals surface area contributed by atoms with Crippen molar-refractivity contribution in [2.24, 2.45) is 4.99 Å². The van der Waals surface area contributed by atoms with Gasteiger partial charge < -0.3 is 4.48 Å². The second-order valence-corrected chi connectivity index (χ2v) is 4.39. The van der Waals surface area contributed by atoms with E-state index in [0.29, 0.717) is 6.04 Å². The third-order valence-corrected chi connectivity index (χ3v) is 1.76. The van der Waals surface area contributed by atoms with Crippen molar-refractivity contribution in [3.05, 3.63) is 0 Å². The molecule has 2 heteroatoms. The molecule has 0 fully saturated rings. The first-order chi connectivity index (χ1) is 5.45. The maximum atomic E-state index is 4.41. The summed E-state index contributed by atoms with van der Waals surface area (Å²) in [5.41, 5.74) is 0. The zero-order valence-corrected chi connectivity index (χ0v) is 9.17. The molecule has 0 aliphatic heterocycles. The quantitative estimate of drug-likeness (QED) is 0.443.